The highest BCUT2D eigenvalue weighted by molar-refractivity contribution is 6.21. The highest BCUT2D eigenvalue weighted by atomic mass is 16.6. The van der Waals surface area contributed by atoms with Gasteiger partial charge in [-0.3, -0.25) is 29.6 Å². The number of esters is 2. The predicted octanol–water partition coefficient (Wildman–Crippen LogP) is 2.23. The summed E-state index contributed by atoms with van der Waals surface area (Å²) < 4.78 is 11.1. The second kappa shape index (κ2) is 8.07. The van der Waals surface area contributed by atoms with Crippen molar-refractivity contribution < 1.29 is 48.7 Å². The molecule has 2 aliphatic heterocycles. The molecular formula is C24H20N2O10. The average molecular weight is 496 g/mol. The van der Waals surface area contributed by atoms with Crippen molar-refractivity contribution in [2.24, 2.45) is 0 Å². The molecule has 4 amide bonds. The van der Waals surface area contributed by atoms with E-state index < -0.39 is 46.8 Å². The van der Waals surface area contributed by atoms with E-state index in [-0.39, 0.29) is 43.5 Å². The van der Waals surface area contributed by atoms with E-state index in [0.717, 1.165) is 12.1 Å². The topological polar surface area (TPSA) is 168 Å². The Balaban J connectivity index is 1.51. The Labute approximate surface area is 203 Å². The maximum Gasteiger partial charge on any atom is 0.338 e. The smallest absolute Gasteiger partial charge is 0.338 e. The highest BCUT2D eigenvalue weighted by Gasteiger charge is 2.45. The number of hydrogen-bond acceptors (Lipinski definition) is 10. The van der Waals surface area contributed by atoms with Gasteiger partial charge in [0, 0.05) is 0 Å². The van der Waals surface area contributed by atoms with Gasteiger partial charge in [-0.25, -0.2) is 9.59 Å². The molecule has 2 aromatic rings. The minimum absolute atomic E-state index is 0.0488. The molecule has 36 heavy (non-hydrogen) atoms. The van der Waals surface area contributed by atoms with Crippen LogP contribution in [0.15, 0.2) is 36.4 Å². The standard InChI is InChI=1S/C24H20N2O10/c1-23(2,35-21(31)11-5-7-13-15(9-11)19(29)25(33)17(13)27)24(3,4)36-22(32)12-6-8-14-16(10-12)20(30)26(34)18(14)28/h5-10,33-34H,1-4H3. The quantitative estimate of drug-likeness (QED) is 0.356. The third-order valence-electron chi connectivity index (χ3n) is 6.35. The number of rotatable bonds is 5. The lowest BCUT2D eigenvalue weighted by molar-refractivity contribution is -0.124. The third-order valence-corrected chi connectivity index (χ3v) is 6.35. The first kappa shape index (κ1) is 24.7. The summed E-state index contributed by atoms with van der Waals surface area (Å²) in [7, 11) is 0. The first-order valence-corrected chi connectivity index (χ1v) is 10.6. The van der Waals surface area contributed by atoms with Crippen LogP contribution in [0.5, 0.6) is 0 Å². The van der Waals surface area contributed by atoms with Crippen molar-refractivity contribution in [1.29, 1.82) is 0 Å². The Morgan fingerprint density at radius 3 is 1.25 bits per heavy atom. The van der Waals surface area contributed by atoms with E-state index in [2.05, 4.69) is 0 Å². The van der Waals surface area contributed by atoms with Gasteiger partial charge in [-0.2, -0.15) is 0 Å². The molecule has 2 aromatic carbocycles. The number of carbonyl (C=O) groups excluding carboxylic acids is 6. The number of imide groups is 2. The van der Waals surface area contributed by atoms with Crippen LogP contribution in [0.2, 0.25) is 0 Å². The molecule has 12 nitrogen and oxygen atoms in total. The summed E-state index contributed by atoms with van der Waals surface area (Å²) >= 11 is 0. The molecule has 0 bridgehead atoms. The molecule has 2 aliphatic rings. The zero-order valence-electron chi connectivity index (χ0n) is 19.5. The fourth-order valence-corrected chi connectivity index (χ4v) is 3.54. The number of amides is 4. The molecule has 186 valence electrons. The Kier molecular flexibility index (Phi) is 5.54. The number of carbonyl (C=O) groups is 6. The van der Waals surface area contributed by atoms with Gasteiger partial charge >= 0.3 is 11.9 Å². The summed E-state index contributed by atoms with van der Waals surface area (Å²) in [6, 6.07) is 7.19. The third kappa shape index (κ3) is 3.72. The Morgan fingerprint density at radius 2 is 0.917 bits per heavy atom. The lowest BCUT2D eigenvalue weighted by Gasteiger charge is -2.40. The van der Waals surface area contributed by atoms with Gasteiger partial charge in [-0.15, -0.1) is 10.1 Å². The van der Waals surface area contributed by atoms with E-state index in [1.54, 1.807) is 0 Å². The van der Waals surface area contributed by atoms with Gasteiger partial charge in [0.2, 0.25) is 0 Å². The van der Waals surface area contributed by atoms with Gasteiger partial charge < -0.3 is 9.47 Å². The van der Waals surface area contributed by atoms with Crippen LogP contribution in [-0.4, -0.2) is 67.3 Å². The summed E-state index contributed by atoms with van der Waals surface area (Å²) in [6.07, 6.45) is 0. The van der Waals surface area contributed by atoms with Crippen molar-refractivity contribution in [3.8, 4) is 0 Å². The largest absolute Gasteiger partial charge is 0.452 e. The van der Waals surface area contributed by atoms with E-state index in [1.165, 1.54) is 52.0 Å². The van der Waals surface area contributed by atoms with E-state index in [1.807, 2.05) is 0 Å². The molecule has 2 N–H and O–H groups in total. The van der Waals surface area contributed by atoms with Gasteiger partial charge in [0.1, 0.15) is 11.2 Å². The SMILES string of the molecule is CC(C)(OC(=O)c1ccc2c(c1)C(=O)N(O)C2=O)C(C)(C)OC(=O)c1ccc2c(c1)C(=O)N(O)C2=O. The summed E-state index contributed by atoms with van der Waals surface area (Å²) in [5.41, 5.74) is -3.44. The molecule has 0 spiro atoms. The number of hydrogen-bond donors (Lipinski definition) is 2. The van der Waals surface area contributed by atoms with Crippen molar-refractivity contribution in [1.82, 2.24) is 10.1 Å². The number of fused-ring (bicyclic) bond motifs is 2. The van der Waals surface area contributed by atoms with Gasteiger partial charge in [0.25, 0.3) is 23.6 Å². The van der Waals surface area contributed by atoms with Crippen LogP contribution in [0.25, 0.3) is 0 Å². The van der Waals surface area contributed by atoms with E-state index >= 15 is 0 Å². The first-order valence-electron chi connectivity index (χ1n) is 10.6. The van der Waals surface area contributed by atoms with Crippen molar-refractivity contribution in [2.75, 3.05) is 0 Å². The molecule has 0 fully saturated rings. The zero-order valence-corrected chi connectivity index (χ0v) is 19.5. The highest BCUT2D eigenvalue weighted by Crippen LogP contribution is 2.32. The molecule has 2 heterocycles. The van der Waals surface area contributed by atoms with Crippen molar-refractivity contribution in [3.05, 3.63) is 69.8 Å². The lowest BCUT2D eigenvalue weighted by atomic mass is 9.88. The summed E-state index contributed by atoms with van der Waals surface area (Å²) in [5.74, 6) is -5.53. The Morgan fingerprint density at radius 1 is 0.611 bits per heavy atom. The summed E-state index contributed by atoms with van der Waals surface area (Å²) in [5, 5.41) is 18.9. The van der Waals surface area contributed by atoms with E-state index in [0.29, 0.717) is 0 Å². The van der Waals surface area contributed by atoms with Crippen molar-refractivity contribution in [2.45, 2.75) is 38.9 Å². The van der Waals surface area contributed by atoms with Crippen LogP contribution >= 0.6 is 0 Å². The molecule has 0 aliphatic carbocycles. The van der Waals surface area contributed by atoms with Gasteiger partial charge in [-0.05, 0) is 64.1 Å². The molecule has 0 atom stereocenters. The molecular weight excluding hydrogens is 476 g/mol. The van der Waals surface area contributed by atoms with E-state index in [4.69, 9.17) is 9.47 Å². The average Bonchev–Trinajstić information content (AvgIpc) is 3.17. The number of nitrogens with zero attached hydrogens (tertiary/aromatic N) is 2. The van der Waals surface area contributed by atoms with Crippen LogP contribution < -0.4 is 0 Å². The predicted molar refractivity (Wildman–Crippen MR) is 116 cm³/mol. The van der Waals surface area contributed by atoms with Crippen molar-refractivity contribution in [3.63, 3.8) is 0 Å². The maximum absolute atomic E-state index is 12.8. The normalized spacial score (nSPS) is 15.3. The van der Waals surface area contributed by atoms with Crippen LogP contribution in [0, 0.1) is 0 Å². The molecule has 4 rings (SSSR count). The molecule has 12 heteroatoms. The minimum atomic E-state index is -1.42. The van der Waals surface area contributed by atoms with Crippen molar-refractivity contribution >= 4 is 35.6 Å². The van der Waals surface area contributed by atoms with Crippen LogP contribution in [0.4, 0.5) is 0 Å². The Bertz CT molecular complexity index is 1290. The first-order chi connectivity index (χ1) is 16.7. The molecule has 0 saturated carbocycles. The molecule has 0 aromatic heterocycles. The maximum atomic E-state index is 12.8. The fraction of sp³-hybridized carbons (Fsp3) is 0.250. The van der Waals surface area contributed by atoms with Crippen LogP contribution in [-0.2, 0) is 9.47 Å². The minimum Gasteiger partial charge on any atom is -0.452 e. The van der Waals surface area contributed by atoms with Crippen LogP contribution in [0.1, 0.15) is 89.8 Å². The second-order valence-electron chi connectivity index (χ2n) is 9.16. The van der Waals surface area contributed by atoms with Gasteiger partial charge in [-0.1, -0.05) is 0 Å². The molecule has 0 radical (unpaired) electrons. The molecule has 0 unspecified atom stereocenters. The lowest BCUT2D eigenvalue weighted by Crippen LogP contribution is -2.51. The van der Waals surface area contributed by atoms with Crippen LogP contribution in [0.3, 0.4) is 0 Å². The number of benzene rings is 2. The molecule has 0 saturated heterocycles. The van der Waals surface area contributed by atoms with E-state index in [9.17, 15) is 39.2 Å². The fourth-order valence-electron chi connectivity index (χ4n) is 3.54. The monoisotopic (exact) mass is 496 g/mol. The Hall–Kier alpha value is -4.42. The van der Waals surface area contributed by atoms with Gasteiger partial charge in [0.15, 0.2) is 0 Å². The zero-order chi connectivity index (χ0) is 26.7. The number of hydroxylamine groups is 4. The second-order valence-corrected chi connectivity index (χ2v) is 9.16. The summed E-state index contributed by atoms with van der Waals surface area (Å²) in [4.78, 5) is 73.3. The summed E-state index contributed by atoms with van der Waals surface area (Å²) in [6.45, 7) is 5.96. The number of ether oxygens (including phenoxy) is 2. The van der Waals surface area contributed by atoms with Gasteiger partial charge in [0.05, 0.1) is 33.4 Å².